The number of halogens is 2. The first-order valence-corrected chi connectivity index (χ1v) is 11.8. The van der Waals surface area contributed by atoms with Crippen LogP contribution in [-0.2, 0) is 25.5 Å². The van der Waals surface area contributed by atoms with Crippen molar-refractivity contribution >= 4 is 5.91 Å². The van der Waals surface area contributed by atoms with Crippen LogP contribution in [-0.4, -0.2) is 37.6 Å². The number of amides is 1. The Morgan fingerprint density at radius 3 is 2.59 bits per heavy atom. The van der Waals surface area contributed by atoms with Crippen LogP contribution in [0.5, 0.6) is 11.5 Å². The van der Waals surface area contributed by atoms with E-state index in [-0.39, 0.29) is 31.1 Å². The Hall–Kier alpha value is -3.52. The molecular weight excluding hydrogens is 486 g/mol. The van der Waals surface area contributed by atoms with Crippen LogP contribution >= 0.6 is 0 Å². The lowest BCUT2D eigenvalue weighted by molar-refractivity contribution is -0.144. The minimum atomic E-state index is -1.52. The van der Waals surface area contributed by atoms with Gasteiger partial charge in [0.15, 0.2) is 11.9 Å². The number of benzene rings is 2. The van der Waals surface area contributed by atoms with Crippen molar-refractivity contribution in [2.45, 2.75) is 57.8 Å². The Labute approximate surface area is 213 Å². The van der Waals surface area contributed by atoms with E-state index in [0.29, 0.717) is 29.1 Å². The zero-order valence-electron chi connectivity index (χ0n) is 21.0. The van der Waals surface area contributed by atoms with Gasteiger partial charge in [-0.3, -0.25) is 4.79 Å². The molecule has 0 radical (unpaired) electrons. The van der Waals surface area contributed by atoms with Gasteiger partial charge < -0.3 is 29.0 Å². The second-order valence-electron chi connectivity index (χ2n) is 9.07. The molecule has 0 saturated carbocycles. The fourth-order valence-electron chi connectivity index (χ4n) is 4.35. The van der Waals surface area contributed by atoms with Crippen LogP contribution < -0.4 is 14.8 Å². The van der Waals surface area contributed by atoms with E-state index in [1.165, 1.54) is 7.11 Å². The van der Waals surface area contributed by atoms with Crippen molar-refractivity contribution in [2.75, 3.05) is 13.7 Å². The van der Waals surface area contributed by atoms with Gasteiger partial charge in [-0.2, -0.15) is 5.26 Å². The Morgan fingerprint density at radius 1 is 1.24 bits per heavy atom. The van der Waals surface area contributed by atoms with Gasteiger partial charge in [-0.15, -0.1) is 0 Å². The van der Waals surface area contributed by atoms with Crippen molar-refractivity contribution in [3.63, 3.8) is 0 Å². The minimum absolute atomic E-state index is 0.0153. The second kappa shape index (κ2) is 10.8. The van der Waals surface area contributed by atoms with Crippen LogP contribution in [0.3, 0.4) is 0 Å². The van der Waals surface area contributed by atoms with E-state index in [1.54, 1.807) is 25.1 Å². The van der Waals surface area contributed by atoms with Crippen LogP contribution in [0.15, 0.2) is 42.2 Å². The van der Waals surface area contributed by atoms with Gasteiger partial charge in [0.25, 0.3) is 5.91 Å². The number of fused-ring (bicyclic) bond motifs is 1. The highest BCUT2D eigenvalue weighted by atomic mass is 19.1. The van der Waals surface area contributed by atoms with E-state index in [2.05, 4.69) is 11.4 Å². The molecule has 2 aromatic carbocycles. The fourth-order valence-corrected chi connectivity index (χ4v) is 4.35. The fraction of sp³-hybridized carbons (Fsp3) is 0.407. The van der Waals surface area contributed by atoms with Crippen LogP contribution in [0, 0.1) is 23.0 Å². The second-order valence-corrected chi connectivity index (χ2v) is 9.07. The number of hydrogen-bond donors (Lipinski definition) is 1. The molecule has 2 aliphatic rings. The summed E-state index contributed by atoms with van der Waals surface area (Å²) in [5.41, 5.74) is 0.410. The summed E-state index contributed by atoms with van der Waals surface area (Å²) in [5.74, 6) is -2.37. The molecular formula is C27H28F2N2O6. The van der Waals surface area contributed by atoms with Gasteiger partial charge in [0, 0.05) is 37.3 Å². The van der Waals surface area contributed by atoms with Crippen molar-refractivity contribution in [3.05, 3.63) is 70.5 Å². The summed E-state index contributed by atoms with van der Waals surface area (Å²) in [7, 11) is 1.28. The molecule has 196 valence electrons. The molecule has 0 aromatic heterocycles. The maximum absolute atomic E-state index is 14.7. The van der Waals surface area contributed by atoms with Crippen molar-refractivity contribution in [1.29, 1.82) is 5.26 Å². The number of carbonyl (C=O) groups is 1. The number of rotatable bonds is 9. The van der Waals surface area contributed by atoms with E-state index in [9.17, 15) is 18.8 Å². The average Bonchev–Trinajstić information content (AvgIpc) is 3.34. The number of nitrogens with zero attached hydrogens (tertiary/aromatic N) is 1. The van der Waals surface area contributed by atoms with Crippen LogP contribution in [0.2, 0.25) is 0 Å². The third-order valence-corrected chi connectivity index (χ3v) is 5.99. The van der Waals surface area contributed by atoms with E-state index in [1.807, 2.05) is 19.9 Å². The van der Waals surface area contributed by atoms with E-state index < -0.39 is 35.0 Å². The molecule has 1 aliphatic heterocycles. The smallest absolute Gasteiger partial charge is 0.254 e. The molecule has 8 nitrogen and oxygen atoms in total. The maximum Gasteiger partial charge on any atom is 0.254 e. The highest BCUT2D eigenvalue weighted by Gasteiger charge is 2.44. The molecule has 10 heteroatoms. The molecule has 1 heterocycles. The first kappa shape index (κ1) is 26.5. The summed E-state index contributed by atoms with van der Waals surface area (Å²) < 4.78 is 57.4. The monoisotopic (exact) mass is 514 g/mol. The van der Waals surface area contributed by atoms with E-state index >= 15 is 0 Å². The lowest BCUT2D eigenvalue weighted by atomic mass is 10.1. The summed E-state index contributed by atoms with van der Waals surface area (Å²) in [6.07, 6.45) is 0.385. The average molecular weight is 515 g/mol. The summed E-state index contributed by atoms with van der Waals surface area (Å²) in [6, 6.07) is 8.83. The van der Waals surface area contributed by atoms with Crippen molar-refractivity contribution in [2.24, 2.45) is 0 Å². The number of hydrogen-bond acceptors (Lipinski definition) is 7. The summed E-state index contributed by atoms with van der Waals surface area (Å²) >= 11 is 0. The van der Waals surface area contributed by atoms with Crippen LogP contribution in [0.1, 0.15) is 50.0 Å². The number of methoxy groups -OCH3 is 1. The third kappa shape index (κ3) is 5.91. The van der Waals surface area contributed by atoms with Gasteiger partial charge in [0.05, 0.1) is 30.4 Å². The predicted octanol–water partition coefficient (Wildman–Crippen LogP) is 4.43. The lowest BCUT2D eigenvalue weighted by Gasteiger charge is -2.20. The molecule has 1 amide bonds. The summed E-state index contributed by atoms with van der Waals surface area (Å²) in [6.45, 7) is 5.31. The van der Waals surface area contributed by atoms with Gasteiger partial charge in [0.2, 0.25) is 0 Å². The van der Waals surface area contributed by atoms with Gasteiger partial charge in [-0.25, -0.2) is 8.78 Å². The predicted molar refractivity (Wildman–Crippen MR) is 127 cm³/mol. The van der Waals surface area contributed by atoms with Gasteiger partial charge in [-0.05, 0) is 39.0 Å². The highest BCUT2D eigenvalue weighted by Crippen LogP contribution is 2.38. The zero-order chi connectivity index (χ0) is 26.7. The first-order chi connectivity index (χ1) is 17.6. The number of nitrogens with one attached hydrogen (secondary N) is 1. The third-order valence-electron chi connectivity index (χ3n) is 5.99. The highest BCUT2D eigenvalue weighted by molar-refractivity contribution is 5.82. The normalized spacial score (nSPS) is 20.5. The van der Waals surface area contributed by atoms with Gasteiger partial charge >= 0.3 is 0 Å². The molecule has 1 saturated heterocycles. The number of nitriles is 1. The largest absolute Gasteiger partial charge is 0.497 e. The Kier molecular flexibility index (Phi) is 7.78. The van der Waals surface area contributed by atoms with Crippen molar-refractivity contribution in [1.82, 2.24) is 5.32 Å². The Bertz CT molecular complexity index is 1230. The topological polar surface area (TPSA) is 99.0 Å². The molecule has 0 bridgehead atoms. The molecule has 2 aromatic rings. The quantitative estimate of drug-likeness (QED) is 0.529. The summed E-state index contributed by atoms with van der Waals surface area (Å²) in [5, 5.41) is 12.0. The SMILES string of the molecule is CCOC(C(=O)NCc1ccc(C#N)cc1OC1=C[C@@H]2OC(C)(C)O[C@@H]2C1)c1c(F)cc(OC)cc1F. The van der Waals surface area contributed by atoms with Gasteiger partial charge in [0.1, 0.15) is 35.0 Å². The number of carbonyl (C=O) groups excluding carboxylic acids is 1. The lowest BCUT2D eigenvalue weighted by Crippen LogP contribution is -2.32. The standard InChI is InChI=1S/C27H28F2N2O6/c1-5-34-25(24-19(28)9-17(33-4)10-20(24)29)26(32)31-14-16-7-6-15(13-30)8-21(16)35-18-11-22-23(12-18)37-27(2,3)36-22/h6-11,22-23,25H,5,12,14H2,1-4H3,(H,31,32)/t22-,23+,25?/m0/s1. The zero-order valence-corrected chi connectivity index (χ0v) is 21.0. The van der Waals surface area contributed by atoms with E-state index in [0.717, 1.165) is 12.1 Å². The number of ether oxygens (including phenoxy) is 5. The summed E-state index contributed by atoms with van der Waals surface area (Å²) in [4.78, 5) is 13.0. The maximum atomic E-state index is 14.7. The minimum Gasteiger partial charge on any atom is -0.497 e. The molecule has 1 unspecified atom stereocenters. The molecule has 1 aliphatic carbocycles. The van der Waals surface area contributed by atoms with Crippen molar-refractivity contribution in [3.8, 4) is 17.6 Å². The Balaban J connectivity index is 1.51. The van der Waals surface area contributed by atoms with Crippen molar-refractivity contribution < 1.29 is 37.3 Å². The molecule has 1 N–H and O–H groups in total. The first-order valence-electron chi connectivity index (χ1n) is 11.8. The van der Waals surface area contributed by atoms with Gasteiger partial charge in [-0.1, -0.05) is 6.07 Å². The van der Waals surface area contributed by atoms with Crippen LogP contribution in [0.4, 0.5) is 8.78 Å². The molecule has 3 atom stereocenters. The molecule has 0 spiro atoms. The molecule has 37 heavy (non-hydrogen) atoms. The Morgan fingerprint density at radius 2 is 1.97 bits per heavy atom. The van der Waals surface area contributed by atoms with Crippen LogP contribution in [0.25, 0.3) is 0 Å². The molecule has 1 fully saturated rings. The van der Waals surface area contributed by atoms with E-state index in [4.69, 9.17) is 23.7 Å². The molecule has 4 rings (SSSR count).